The second-order valence-corrected chi connectivity index (χ2v) is 3.99. The minimum atomic E-state index is -1.13. The van der Waals surface area contributed by atoms with Crippen molar-refractivity contribution in [2.75, 3.05) is 12.8 Å². The fourth-order valence-electron chi connectivity index (χ4n) is 1.77. The van der Waals surface area contributed by atoms with Crippen LogP contribution >= 0.6 is 0 Å². The Kier molecular flexibility index (Phi) is 4.05. The van der Waals surface area contributed by atoms with E-state index in [1.807, 2.05) is 0 Å². The largest absolute Gasteiger partial charge is 0.488 e. The molecule has 2 rings (SSSR count). The van der Waals surface area contributed by atoms with Crippen molar-refractivity contribution in [2.24, 2.45) is 0 Å². The van der Waals surface area contributed by atoms with E-state index >= 15 is 0 Å². The van der Waals surface area contributed by atoms with Crippen LogP contribution in [-0.2, 0) is 6.61 Å². The number of aromatic nitrogens is 1. The lowest BCUT2D eigenvalue weighted by Crippen LogP contribution is -2.07. The molecule has 0 saturated heterocycles. The molecule has 104 valence electrons. The number of aromatic carboxylic acids is 1. The molecule has 0 aliphatic heterocycles. The second-order valence-electron chi connectivity index (χ2n) is 3.99. The normalized spacial score (nSPS) is 10.1. The maximum atomic E-state index is 11.2. The van der Waals surface area contributed by atoms with Crippen LogP contribution in [0.1, 0.15) is 15.9 Å². The zero-order valence-electron chi connectivity index (χ0n) is 10.9. The Hall–Kier alpha value is -2.76. The Morgan fingerprint density at radius 1 is 1.35 bits per heavy atom. The Bertz CT molecular complexity index is 628. The Morgan fingerprint density at radius 3 is 2.85 bits per heavy atom. The number of carboxylic acids is 1. The van der Waals surface area contributed by atoms with Crippen molar-refractivity contribution in [1.29, 1.82) is 0 Å². The molecular weight excluding hydrogens is 260 g/mol. The van der Waals surface area contributed by atoms with Crippen molar-refractivity contribution < 1.29 is 19.4 Å². The molecule has 1 aromatic heterocycles. The van der Waals surface area contributed by atoms with Crippen molar-refractivity contribution in [3.8, 4) is 11.6 Å². The molecule has 1 heterocycles. The lowest BCUT2D eigenvalue weighted by atomic mass is 10.1. The zero-order valence-corrected chi connectivity index (χ0v) is 10.9. The topological polar surface area (TPSA) is 94.7 Å². The van der Waals surface area contributed by atoms with Crippen molar-refractivity contribution >= 4 is 11.7 Å². The summed E-state index contributed by atoms with van der Waals surface area (Å²) < 4.78 is 10.6. The van der Waals surface area contributed by atoms with Gasteiger partial charge in [0.05, 0.1) is 12.7 Å². The summed E-state index contributed by atoms with van der Waals surface area (Å²) in [6.45, 7) is 0.140. The van der Waals surface area contributed by atoms with E-state index in [4.69, 9.17) is 20.3 Å². The summed E-state index contributed by atoms with van der Waals surface area (Å²) in [5.74, 6) is -0.479. The highest BCUT2D eigenvalue weighted by Crippen LogP contribution is 2.26. The molecule has 6 heteroatoms. The molecule has 0 unspecified atom stereocenters. The van der Waals surface area contributed by atoms with Crippen molar-refractivity contribution in [1.82, 2.24) is 4.98 Å². The van der Waals surface area contributed by atoms with Crippen LogP contribution in [0.2, 0.25) is 0 Å². The van der Waals surface area contributed by atoms with Crippen LogP contribution in [0.15, 0.2) is 36.5 Å². The van der Waals surface area contributed by atoms with Crippen LogP contribution in [0.3, 0.4) is 0 Å². The Balaban J connectivity index is 2.23. The highest BCUT2D eigenvalue weighted by Gasteiger charge is 2.15. The van der Waals surface area contributed by atoms with Gasteiger partial charge in [-0.2, -0.15) is 0 Å². The predicted octanol–water partition coefficient (Wildman–Crippen LogP) is 1.95. The number of pyridine rings is 1. The van der Waals surface area contributed by atoms with Gasteiger partial charge in [0.1, 0.15) is 17.9 Å². The van der Waals surface area contributed by atoms with Gasteiger partial charge in [-0.3, -0.25) is 0 Å². The highest BCUT2D eigenvalue weighted by atomic mass is 16.5. The molecule has 1 aromatic carbocycles. The minimum Gasteiger partial charge on any atom is -0.488 e. The quantitative estimate of drug-likeness (QED) is 0.809. The molecular formula is C14H14N2O4. The molecule has 20 heavy (non-hydrogen) atoms. The van der Waals surface area contributed by atoms with Gasteiger partial charge in [-0.05, 0) is 24.3 Å². The second kappa shape index (κ2) is 5.92. The summed E-state index contributed by atoms with van der Waals surface area (Å²) in [5, 5.41) is 9.15. The molecule has 3 N–H and O–H groups in total. The van der Waals surface area contributed by atoms with Gasteiger partial charge in [-0.15, -0.1) is 0 Å². The number of hydrogen-bond acceptors (Lipinski definition) is 5. The molecule has 0 atom stereocenters. The molecule has 0 bridgehead atoms. The SMILES string of the molecule is COc1ncccc1COc1cccc(N)c1C(=O)O. The number of carboxylic acid groups (broad SMARTS) is 1. The van der Waals surface area contributed by atoms with Crippen LogP contribution in [0.5, 0.6) is 11.6 Å². The summed E-state index contributed by atoms with van der Waals surface area (Å²) in [4.78, 5) is 15.2. The van der Waals surface area contributed by atoms with Crippen LogP contribution in [-0.4, -0.2) is 23.2 Å². The Labute approximate surface area is 115 Å². The van der Waals surface area contributed by atoms with E-state index in [1.54, 1.807) is 30.5 Å². The molecule has 0 aliphatic rings. The number of ether oxygens (including phenoxy) is 2. The molecule has 0 spiro atoms. The number of hydrogen-bond donors (Lipinski definition) is 2. The maximum Gasteiger partial charge on any atom is 0.341 e. The van der Waals surface area contributed by atoms with Crippen LogP contribution in [0, 0.1) is 0 Å². The summed E-state index contributed by atoms with van der Waals surface area (Å²) >= 11 is 0. The number of carbonyl (C=O) groups is 1. The van der Waals surface area contributed by atoms with Gasteiger partial charge in [-0.25, -0.2) is 9.78 Å². The van der Waals surface area contributed by atoms with Gasteiger partial charge in [0.25, 0.3) is 0 Å². The third-order valence-electron chi connectivity index (χ3n) is 2.70. The molecule has 0 fully saturated rings. The van der Waals surface area contributed by atoms with Gasteiger partial charge in [0.2, 0.25) is 5.88 Å². The maximum absolute atomic E-state index is 11.2. The molecule has 0 radical (unpaired) electrons. The number of methoxy groups -OCH3 is 1. The molecule has 0 saturated carbocycles. The number of rotatable bonds is 5. The minimum absolute atomic E-state index is 0.0460. The van der Waals surface area contributed by atoms with E-state index in [2.05, 4.69) is 4.98 Å². The fourth-order valence-corrected chi connectivity index (χ4v) is 1.77. The zero-order chi connectivity index (χ0) is 14.5. The number of nitrogens with two attached hydrogens (primary N) is 1. The third-order valence-corrected chi connectivity index (χ3v) is 2.70. The molecule has 0 amide bonds. The summed E-state index contributed by atoms with van der Waals surface area (Å²) in [6.07, 6.45) is 1.60. The van der Waals surface area contributed by atoms with Crippen LogP contribution < -0.4 is 15.2 Å². The lowest BCUT2D eigenvalue weighted by molar-refractivity contribution is 0.0693. The van der Waals surface area contributed by atoms with E-state index in [1.165, 1.54) is 13.2 Å². The number of nitrogens with zero attached hydrogens (tertiary/aromatic N) is 1. The van der Waals surface area contributed by atoms with E-state index in [0.717, 1.165) is 0 Å². The predicted molar refractivity (Wildman–Crippen MR) is 72.9 cm³/mol. The van der Waals surface area contributed by atoms with Crippen molar-refractivity contribution in [2.45, 2.75) is 6.61 Å². The highest BCUT2D eigenvalue weighted by molar-refractivity contribution is 5.96. The van der Waals surface area contributed by atoms with E-state index in [0.29, 0.717) is 11.4 Å². The number of nitrogen functional groups attached to an aromatic ring is 1. The number of anilines is 1. The van der Waals surface area contributed by atoms with Crippen molar-refractivity contribution in [3.05, 3.63) is 47.7 Å². The van der Waals surface area contributed by atoms with Crippen LogP contribution in [0.4, 0.5) is 5.69 Å². The van der Waals surface area contributed by atoms with E-state index in [-0.39, 0.29) is 23.6 Å². The first-order chi connectivity index (χ1) is 9.63. The lowest BCUT2D eigenvalue weighted by Gasteiger charge is -2.12. The summed E-state index contributed by atoms with van der Waals surface area (Å²) in [6, 6.07) is 8.25. The van der Waals surface area contributed by atoms with Gasteiger partial charge < -0.3 is 20.3 Å². The standard InChI is InChI=1S/C14H14N2O4/c1-19-13-9(4-3-7-16-13)8-20-11-6-2-5-10(15)12(11)14(17)18/h2-7H,8,15H2,1H3,(H,17,18). The van der Waals surface area contributed by atoms with E-state index < -0.39 is 5.97 Å². The van der Waals surface area contributed by atoms with Crippen LogP contribution in [0.25, 0.3) is 0 Å². The van der Waals surface area contributed by atoms with E-state index in [9.17, 15) is 4.79 Å². The monoisotopic (exact) mass is 274 g/mol. The summed E-state index contributed by atoms with van der Waals surface area (Å²) in [7, 11) is 1.51. The van der Waals surface area contributed by atoms with Crippen molar-refractivity contribution in [3.63, 3.8) is 0 Å². The Morgan fingerprint density at radius 2 is 2.15 bits per heavy atom. The smallest absolute Gasteiger partial charge is 0.341 e. The van der Waals surface area contributed by atoms with Gasteiger partial charge >= 0.3 is 5.97 Å². The average molecular weight is 274 g/mol. The van der Waals surface area contributed by atoms with Gasteiger partial charge in [0, 0.05) is 11.9 Å². The van der Waals surface area contributed by atoms with Gasteiger partial charge in [-0.1, -0.05) is 6.07 Å². The first-order valence-corrected chi connectivity index (χ1v) is 5.86. The molecule has 6 nitrogen and oxygen atoms in total. The molecule has 2 aromatic rings. The molecule has 0 aliphatic carbocycles. The first kappa shape index (κ1) is 13.7. The average Bonchev–Trinajstić information content (AvgIpc) is 2.45. The number of benzene rings is 1. The summed E-state index contributed by atoms with van der Waals surface area (Å²) in [5.41, 5.74) is 6.48. The fraction of sp³-hybridized carbons (Fsp3) is 0.143. The first-order valence-electron chi connectivity index (χ1n) is 5.86. The third kappa shape index (κ3) is 2.80. The van der Waals surface area contributed by atoms with Gasteiger partial charge in [0.15, 0.2) is 0 Å².